The van der Waals surface area contributed by atoms with Crippen LogP contribution < -0.4 is 10.5 Å². The van der Waals surface area contributed by atoms with E-state index in [1.165, 1.54) is 16.0 Å². The number of nitrogens with zero attached hydrogens (tertiary/aromatic N) is 4. The molecule has 0 bridgehead atoms. The van der Waals surface area contributed by atoms with E-state index in [0.29, 0.717) is 0 Å². The first-order valence-corrected chi connectivity index (χ1v) is 10.7. The van der Waals surface area contributed by atoms with Crippen molar-refractivity contribution in [3.8, 4) is 0 Å². The zero-order chi connectivity index (χ0) is 19.1. The van der Waals surface area contributed by atoms with Crippen LogP contribution in [0, 0.1) is 0 Å². The Morgan fingerprint density at radius 2 is 1.89 bits per heavy atom. The van der Waals surface area contributed by atoms with Crippen LogP contribution in [-0.4, -0.2) is 59.5 Å². The van der Waals surface area contributed by atoms with Crippen molar-refractivity contribution in [1.29, 1.82) is 0 Å². The third-order valence-corrected chi connectivity index (χ3v) is 6.94. The van der Waals surface area contributed by atoms with Gasteiger partial charge in [-0.05, 0) is 24.6 Å². The molecule has 2 aromatic heterocycles. The topological polar surface area (TPSA) is 55.5 Å². The van der Waals surface area contributed by atoms with Crippen LogP contribution in [0.1, 0.15) is 16.0 Å². The van der Waals surface area contributed by atoms with E-state index in [0.717, 1.165) is 68.4 Å². The van der Waals surface area contributed by atoms with Gasteiger partial charge in [0, 0.05) is 50.7 Å². The van der Waals surface area contributed by atoms with Gasteiger partial charge in [-0.15, -0.1) is 11.3 Å². The smallest absolute Gasteiger partial charge is 0.261 e. The van der Waals surface area contributed by atoms with Crippen molar-refractivity contribution < 1.29 is 0 Å². The van der Waals surface area contributed by atoms with Crippen LogP contribution in [0.2, 0.25) is 0 Å². The normalized spacial score (nSPS) is 18.5. The Hall–Kier alpha value is -2.22. The molecule has 2 aliphatic heterocycles. The SMILES string of the molecule is CN1CCN(c2nc3sc4c(c3c(=O)[nH]2)CCN(Cc2ccccc2)C4)CC1. The maximum atomic E-state index is 12.9. The van der Waals surface area contributed by atoms with E-state index < -0.39 is 0 Å². The second-order valence-corrected chi connectivity index (χ2v) is 8.89. The van der Waals surface area contributed by atoms with E-state index >= 15 is 0 Å². The van der Waals surface area contributed by atoms with Crippen molar-refractivity contribution in [3.63, 3.8) is 0 Å². The van der Waals surface area contributed by atoms with Crippen LogP contribution in [0.5, 0.6) is 0 Å². The Balaban J connectivity index is 1.42. The first-order valence-electron chi connectivity index (χ1n) is 9.92. The number of H-pyrrole nitrogens is 1. The van der Waals surface area contributed by atoms with Crippen molar-refractivity contribution in [2.24, 2.45) is 0 Å². The first-order chi connectivity index (χ1) is 13.7. The molecule has 6 nitrogen and oxygen atoms in total. The highest BCUT2D eigenvalue weighted by molar-refractivity contribution is 7.18. The molecule has 1 N–H and O–H groups in total. The fourth-order valence-electron chi connectivity index (χ4n) is 4.19. The predicted octanol–water partition coefficient (Wildman–Crippen LogP) is 2.29. The highest BCUT2D eigenvalue weighted by atomic mass is 32.1. The zero-order valence-electron chi connectivity index (χ0n) is 16.1. The Morgan fingerprint density at radius 3 is 2.68 bits per heavy atom. The molecule has 2 aliphatic rings. The number of rotatable bonds is 3. The largest absolute Gasteiger partial charge is 0.340 e. The Kier molecular flexibility index (Phi) is 4.66. The molecular formula is C21H25N5OS. The number of aromatic amines is 1. The standard InChI is InChI=1S/C21H25N5OS/c1-24-9-11-26(12-10-24)21-22-19(27)18-16-7-8-25(13-15-5-3-2-4-6-15)14-17(16)28-20(18)23-21/h2-6H,7-14H2,1H3,(H,22,23,27). The minimum Gasteiger partial charge on any atom is -0.340 e. The number of hydrogen-bond donors (Lipinski definition) is 1. The predicted molar refractivity (Wildman–Crippen MR) is 114 cm³/mol. The number of piperazine rings is 1. The molecule has 0 saturated carbocycles. The number of hydrogen-bond acceptors (Lipinski definition) is 6. The van der Waals surface area contributed by atoms with E-state index in [-0.39, 0.29) is 5.56 Å². The van der Waals surface area contributed by atoms with Crippen LogP contribution in [0.25, 0.3) is 10.2 Å². The number of aromatic nitrogens is 2. The van der Waals surface area contributed by atoms with Crippen molar-refractivity contribution in [2.75, 3.05) is 44.7 Å². The Bertz CT molecular complexity index is 1040. The maximum absolute atomic E-state index is 12.9. The lowest BCUT2D eigenvalue weighted by Crippen LogP contribution is -2.45. The highest BCUT2D eigenvalue weighted by Gasteiger charge is 2.25. The molecule has 0 spiro atoms. The van der Waals surface area contributed by atoms with Crippen LogP contribution in [0.4, 0.5) is 5.95 Å². The third-order valence-electron chi connectivity index (χ3n) is 5.83. The van der Waals surface area contributed by atoms with E-state index in [1.807, 2.05) is 0 Å². The van der Waals surface area contributed by atoms with Crippen LogP contribution >= 0.6 is 11.3 Å². The average molecular weight is 396 g/mol. The number of thiophene rings is 1. The summed E-state index contributed by atoms with van der Waals surface area (Å²) in [6.07, 6.45) is 0.917. The summed E-state index contributed by atoms with van der Waals surface area (Å²) in [4.78, 5) is 29.9. The summed E-state index contributed by atoms with van der Waals surface area (Å²) in [6.45, 7) is 6.63. The third kappa shape index (κ3) is 3.34. The zero-order valence-corrected chi connectivity index (χ0v) is 17.0. The van der Waals surface area contributed by atoms with Gasteiger partial charge in [-0.25, -0.2) is 4.98 Å². The van der Waals surface area contributed by atoms with Gasteiger partial charge in [0.25, 0.3) is 5.56 Å². The van der Waals surface area contributed by atoms with Gasteiger partial charge in [-0.1, -0.05) is 30.3 Å². The molecule has 1 saturated heterocycles. The molecule has 1 fully saturated rings. The fraction of sp³-hybridized carbons (Fsp3) is 0.429. The lowest BCUT2D eigenvalue weighted by atomic mass is 10.0. The number of benzene rings is 1. The fourth-order valence-corrected chi connectivity index (χ4v) is 5.45. The van der Waals surface area contributed by atoms with E-state index in [4.69, 9.17) is 4.98 Å². The average Bonchev–Trinajstić information content (AvgIpc) is 3.07. The number of nitrogens with one attached hydrogen (secondary N) is 1. The van der Waals surface area contributed by atoms with Crippen molar-refractivity contribution in [1.82, 2.24) is 19.8 Å². The number of anilines is 1. The van der Waals surface area contributed by atoms with Crippen LogP contribution in [0.3, 0.4) is 0 Å². The minimum absolute atomic E-state index is 0.0212. The van der Waals surface area contributed by atoms with Gasteiger partial charge < -0.3 is 9.80 Å². The summed E-state index contributed by atoms with van der Waals surface area (Å²) in [5, 5.41) is 0.817. The lowest BCUT2D eigenvalue weighted by Gasteiger charge is -2.32. The lowest BCUT2D eigenvalue weighted by molar-refractivity contribution is 0.249. The summed E-state index contributed by atoms with van der Waals surface area (Å²) in [5.74, 6) is 0.727. The van der Waals surface area contributed by atoms with Gasteiger partial charge in [0.1, 0.15) is 4.83 Å². The molecule has 0 atom stereocenters. The number of fused-ring (bicyclic) bond motifs is 3. The van der Waals surface area contributed by atoms with Gasteiger partial charge in [0.2, 0.25) is 5.95 Å². The van der Waals surface area contributed by atoms with Gasteiger partial charge >= 0.3 is 0 Å². The van der Waals surface area contributed by atoms with Crippen molar-refractivity contribution >= 4 is 27.5 Å². The summed E-state index contributed by atoms with van der Waals surface area (Å²) in [6, 6.07) is 10.6. The Morgan fingerprint density at radius 1 is 1.11 bits per heavy atom. The second kappa shape index (κ2) is 7.31. The van der Waals surface area contributed by atoms with E-state index in [9.17, 15) is 4.79 Å². The Labute approximate surface area is 168 Å². The molecule has 1 aromatic carbocycles. The minimum atomic E-state index is 0.0212. The molecule has 0 amide bonds. The number of likely N-dealkylation sites (N-methyl/N-ethyl adjacent to an activating group) is 1. The highest BCUT2D eigenvalue weighted by Crippen LogP contribution is 2.33. The van der Waals surface area contributed by atoms with Crippen molar-refractivity contribution in [3.05, 3.63) is 56.7 Å². The molecule has 0 aliphatic carbocycles. The monoisotopic (exact) mass is 395 g/mol. The van der Waals surface area contributed by atoms with Gasteiger partial charge in [-0.2, -0.15) is 0 Å². The summed E-state index contributed by atoms with van der Waals surface area (Å²) in [5.41, 5.74) is 2.57. The van der Waals surface area contributed by atoms with E-state index in [1.54, 1.807) is 11.3 Å². The van der Waals surface area contributed by atoms with Crippen LogP contribution in [0.15, 0.2) is 35.1 Å². The molecule has 146 valence electrons. The van der Waals surface area contributed by atoms with Gasteiger partial charge in [0.05, 0.1) is 5.39 Å². The van der Waals surface area contributed by atoms with Gasteiger partial charge in [0.15, 0.2) is 0 Å². The summed E-state index contributed by atoms with van der Waals surface area (Å²) >= 11 is 1.70. The summed E-state index contributed by atoms with van der Waals surface area (Å²) in [7, 11) is 2.13. The molecule has 0 radical (unpaired) electrons. The summed E-state index contributed by atoms with van der Waals surface area (Å²) < 4.78 is 0. The molecule has 4 heterocycles. The van der Waals surface area contributed by atoms with E-state index in [2.05, 4.69) is 57.1 Å². The quantitative estimate of drug-likeness (QED) is 0.738. The molecule has 3 aromatic rings. The molecule has 5 rings (SSSR count). The maximum Gasteiger partial charge on any atom is 0.261 e. The molecule has 0 unspecified atom stereocenters. The van der Waals surface area contributed by atoms with Gasteiger partial charge in [-0.3, -0.25) is 14.7 Å². The van der Waals surface area contributed by atoms with Crippen molar-refractivity contribution in [2.45, 2.75) is 19.5 Å². The molecular weight excluding hydrogens is 370 g/mol. The molecule has 7 heteroatoms. The van der Waals surface area contributed by atoms with Crippen LogP contribution in [-0.2, 0) is 19.5 Å². The first kappa shape index (κ1) is 17.8. The molecule has 28 heavy (non-hydrogen) atoms. The second-order valence-electron chi connectivity index (χ2n) is 7.81.